The van der Waals surface area contributed by atoms with E-state index in [1.54, 1.807) is 0 Å². The molecule has 1 aliphatic carbocycles. The lowest BCUT2D eigenvalue weighted by Gasteiger charge is -2.40. The Morgan fingerprint density at radius 1 is 1.38 bits per heavy atom. The molecule has 3 atom stereocenters. The maximum absolute atomic E-state index is 13.1. The second-order valence-electron chi connectivity index (χ2n) is 6.73. The van der Waals surface area contributed by atoms with E-state index in [0.717, 1.165) is 35.2 Å². The van der Waals surface area contributed by atoms with Crippen LogP contribution in [0.3, 0.4) is 0 Å². The van der Waals surface area contributed by atoms with Crippen LogP contribution in [0, 0.1) is 5.41 Å². The molecule has 1 aliphatic rings. The minimum atomic E-state index is -0.971. The van der Waals surface area contributed by atoms with E-state index in [0.29, 0.717) is 6.04 Å². The number of benzene rings is 1. The molecule has 0 amide bonds. The van der Waals surface area contributed by atoms with Gasteiger partial charge in [-0.25, -0.2) is 0 Å². The molecule has 0 radical (unpaired) electrons. The molecular weight excluding hydrogens is 346 g/mol. The van der Waals surface area contributed by atoms with E-state index in [4.69, 9.17) is 0 Å². The molecule has 0 aromatic heterocycles. The topological polar surface area (TPSA) is 29.1 Å². The molecule has 1 N–H and O–H groups in total. The lowest BCUT2D eigenvalue weighted by atomic mass is 9.75. The van der Waals surface area contributed by atoms with Crippen molar-refractivity contribution in [3.05, 3.63) is 28.7 Å². The summed E-state index contributed by atoms with van der Waals surface area (Å²) < 4.78 is 14.1. The average molecular weight is 372 g/mol. The summed E-state index contributed by atoms with van der Waals surface area (Å²) in [5.41, 5.74) is 0.284. The van der Waals surface area contributed by atoms with Crippen molar-refractivity contribution in [2.75, 3.05) is 6.54 Å². The van der Waals surface area contributed by atoms with E-state index in [9.17, 15) is 4.21 Å². The Morgan fingerprint density at radius 2 is 2.10 bits per heavy atom. The first kappa shape index (κ1) is 17.2. The summed E-state index contributed by atoms with van der Waals surface area (Å²) in [6, 6.07) is 8.28. The van der Waals surface area contributed by atoms with Crippen LogP contribution in [0.1, 0.15) is 46.5 Å². The number of halogens is 1. The summed E-state index contributed by atoms with van der Waals surface area (Å²) in [5.74, 6) is 0. The van der Waals surface area contributed by atoms with Gasteiger partial charge in [-0.15, -0.1) is 0 Å². The maximum Gasteiger partial charge on any atom is 0.0588 e. The smallest absolute Gasteiger partial charge is 0.0588 e. The first-order valence-electron chi connectivity index (χ1n) is 7.83. The minimum Gasteiger partial charge on any atom is -0.313 e. The van der Waals surface area contributed by atoms with Gasteiger partial charge in [-0.2, -0.15) is 0 Å². The van der Waals surface area contributed by atoms with Crippen LogP contribution in [0.15, 0.2) is 33.6 Å². The fourth-order valence-corrected chi connectivity index (χ4v) is 5.78. The zero-order valence-electron chi connectivity index (χ0n) is 13.2. The van der Waals surface area contributed by atoms with Gasteiger partial charge in [0.25, 0.3) is 0 Å². The van der Waals surface area contributed by atoms with Gasteiger partial charge >= 0.3 is 0 Å². The Labute approximate surface area is 139 Å². The van der Waals surface area contributed by atoms with Crippen LogP contribution in [0.2, 0.25) is 0 Å². The van der Waals surface area contributed by atoms with Gasteiger partial charge in [0.05, 0.1) is 20.9 Å². The number of hydrogen-bond donors (Lipinski definition) is 1. The molecule has 1 aromatic rings. The van der Waals surface area contributed by atoms with Gasteiger partial charge in [0.2, 0.25) is 0 Å². The second-order valence-corrected chi connectivity index (χ2v) is 9.23. The molecule has 118 valence electrons. The molecule has 21 heavy (non-hydrogen) atoms. The van der Waals surface area contributed by atoms with Gasteiger partial charge in [0.1, 0.15) is 0 Å². The van der Waals surface area contributed by atoms with Crippen molar-refractivity contribution in [2.24, 2.45) is 5.41 Å². The molecule has 4 heteroatoms. The molecule has 3 unspecified atom stereocenters. The first-order chi connectivity index (χ1) is 9.94. The third kappa shape index (κ3) is 4.40. The zero-order valence-corrected chi connectivity index (χ0v) is 15.6. The van der Waals surface area contributed by atoms with Crippen molar-refractivity contribution in [3.63, 3.8) is 0 Å². The summed E-state index contributed by atoms with van der Waals surface area (Å²) in [6.07, 6.45) is 4.46. The van der Waals surface area contributed by atoms with Crippen LogP contribution < -0.4 is 5.32 Å². The maximum atomic E-state index is 13.1. The molecular formula is C17H26BrNOS. The Morgan fingerprint density at radius 3 is 2.76 bits per heavy atom. The van der Waals surface area contributed by atoms with Crippen LogP contribution >= 0.6 is 15.9 Å². The normalized spacial score (nSPS) is 26.5. The SMILES string of the molecule is CCCNC1CCC(C)(C)CC1S(=O)c1ccccc1Br. The van der Waals surface area contributed by atoms with Crippen molar-refractivity contribution in [2.45, 2.75) is 62.6 Å². The summed E-state index contributed by atoms with van der Waals surface area (Å²) in [7, 11) is -0.971. The molecule has 0 aliphatic heterocycles. The highest BCUT2D eigenvalue weighted by molar-refractivity contribution is 9.10. The Bertz CT molecular complexity index is 503. The van der Waals surface area contributed by atoms with Crippen LogP contribution in [-0.2, 0) is 10.8 Å². The van der Waals surface area contributed by atoms with Gasteiger partial charge in [-0.05, 0) is 65.7 Å². The molecule has 1 aromatic carbocycles. The fraction of sp³-hybridized carbons (Fsp3) is 0.647. The van der Waals surface area contributed by atoms with Crippen LogP contribution in [0.25, 0.3) is 0 Å². The van der Waals surface area contributed by atoms with Crippen molar-refractivity contribution in [1.29, 1.82) is 0 Å². The van der Waals surface area contributed by atoms with E-state index < -0.39 is 10.8 Å². The van der Waals surface area contributed by atoms with Gasteiger partial charge < -0.3 is 5.32 Å². The predicted molar refractivity (Wildman–Crippen MR) is 94.1 cm³/mol. The first-order valence-corrected chi connectivity index (χ1v) is 9.84. The van der Waals surface area contributed by atoms with Gasteiger partial charge in [0.15, 0.2) is 0 Å². The van der Waals surface area contributed by atoms with E-state index in [1.807, 2.05) is 24.3 Å². The van der Waals surface area contributed by atoms with Gasteiger partial charge in [0, 0.05) is 10.5 Å². The minimum absolute atomic E-state index is 0.194. The average Bonchev–Trinajstić information content (AvgIpc) is 2.45. The molecule has 1 fully saturated rings. The highest BCUT2D eigenvalue weighted by atomic mass is 79.9. The van der Waals surface area contributed by atoms with Crippen molar-refractivity contribution < 1.29 is 4.21 Å². The van der Waals surface area contributed by atoms with E-state index in [2.05, 4.69) is 42.0 Å². The predicted octanol–water partition coefficient (Wildman–Crippen LogP) is 4.50. The summed E-state index contributed by atoms with van der Waals surface area (Å²) in [4.78, 5) is 0.934. The number of hydrogen-bond acceptors (Lipinski definition) is 2. The Kier molecular flexibility index (Phi) is 6.04. The standard InChI is InChI=1S/C17H26BrNOS/c1-4-11-19-14-9-10-17(2,3)12-16(14)21(20)15-8-6-5-7-13(15)18/h5-8,14,16,19H,4,9-12H2,1-3H3. The lowest BCUT2D eigenvalue weighted by Crippen LogP contribution is -2.48. The van der Waals surface area contributed by atoms with E-state index in [-0.39, 0.29) is 10.7 Å². The third-order valence-corrected chi connectivity index (χ3v) is 7.11. The molecule has 0 saturated heterocycles. The highest BCUT2D eigenvalue weighted by Crippen LogP contribution is 2.39. The Balaban J connectivity index is 2.22. The van der Waals surface area contributed by atoms with E-state index >= 15 is 0 Å². The van der Waals surface area contributed by atoms with Crippen LogP contribution in [-0.4, -0.2) is 22.0 Å². The lowest BCUT2D eigenvalue weighted by molar-refractivity contribution is 0.211. The van der Waals surface area contributed by atoms with Crippen LogP contribution in [0.4, 0.5) is 0 Å². The largest absolute Gasteiger partial charge is 0.313 e. The van der Waals surface area contributed by atoms with E-state index in [1.165, 1.54) is 6.42 Å². The summed E-state index contributed by atoms with van der Waals surface area (Å²) in [5, 5.41) is 3.81. The van der Waals surface area contributed by atoms with Crippen LogP contribution in [0.5, 0.6) is 0 Å². The monoisotopic (exact) mass is 371 g/mol. The third-order valence-electron chi connectivity index (χ3n) is 4.32. The van der Waals surface area contributed by atoms with Crippen molar-refractivity contribution in [1.82, 2.24) is 5.32 Å². The molecule has 1 saturated carbocycles. The molecule has 2 nitrogen and oxygen atoms in total. The summed E-state index contributed by atoms with van der Waals surface area (Å²) in [6.45, 7) is 7.79. The number of rotatable bonds is 5. The Hall–Kier alpha value is -0.190. The quantitative estimate of drug-likeness (QED) is 0.824. The van der Waals surface area contributed by atoms with Crippen molar-refractivity contribution in [3.8, 4) is 0 Å². The molecule has 0 spiro atoms. The highest BCUT2D eigenvalue weighted by Gasteiger charge is 2.38. The molecule has 0 bridgehead atoms. The summed E-state index contributed by atoms with van der Waals surface area (Å²) >= 11 is 3.55. The number of nitrogens with one attached hydrogen (secondary N) is 1. The van der Waals surface area contributed by atoms with Gasteiger partial charge in [-0.1, -0.05) is 32.9 Å². The second kappa shape index (κ2) is 7.38. The van der Waals surface area contributed by atoms with Gasteiger partial charge in [-0.3, -0.25) is 4.21 Å². The zero-order chi connectivity index (χ0) is 15.5. The molecule has 2 rings (SSSR count). The van der Waals surface area contributed by atoms with Crippen molar-refractivity contribution >= 4 is 26.7 Å². The fourth-order valence-electron chi connectivity index (χ4n) is 3.08. The molecule has 0 heterocycles.